The molecule has 0 aromatic heterocycles. The number of ether oxygens (including phenoxy) is 1. The molecule has 2 aromatic carbocycles. The Morgan fingerprint density at radius 2 is 1.76 bits per heavy atom. The summed E-state index contributed by atoms with van der Waals surface area (Å²) < 4.78 is 19.7. The van der Waals surface area contributed by atoms with Crippen LogP contribution in [0.1, 0.15) is 23.2 Å². The van der Waals surface area contributed by atoms with E-state index in [-0.39, 0.29) is 11.5 Å². The highest BCUT2D eigenvalue weighted by Gasteiger charge is 2.23. The minimum absolute atomic E-state index is 0.0426. The number of nitrogens with one attached hydrogen (secondary N) is 2. The zero-order valence-corrected chi connectivity index (χ0v) is 14.8. The van der Waals surface area contributed by atoms with Gasteiger partial charge in [0.05, 0.1) is 5.56 Å². The molecule has 130 valence electrons. The second kappa shape index (κ2) is 7.76. The summed E-state index contributed by atoms with van der Waals surface area (Å²) in [4.78, 5) is 24.1. The fraction of sp³-hybridized carbons (Fsp3) is 0.222. The van der Waals surface area contributed by atoms with Gasteiger partial charge in [0.1, 0.15) is 11.9 Å². The molecular weight excluding hydrogens is 391 g/mol. The summed E-state index contributed by atoms with van der Waals surface area (Å²) >= 11 is 3.15. The highest BCUT2D eigenvalue weighted by molar-refractivity contribution is 9.10. The van der Waals surface area contributed by atoms with E-state index >= 15 is 0 Å². The lowest BCUT2D eigenvalue weighted by molar-refractivity contribution is -0.124. The third-order valence-electron chi connectivity index (χ3n) is 3.81. The van der Waals surface area contributed by atoms with Gasteiger partial charge in [0, 0.05) is 22.5 Å². The smallest absolute Gasteiger partial charge is 0.258 e. The maximum atomic E-state index is 13.8. The zero-order valence-electron chi connectivity index (χ0n) is 13.2. The van der Waals surface area contributed by atoms with E-state index in [0.717, 1.165) is 12.8 Å². The van der Waals surface area contributed by atoms with E-state index in [9.17, 15) is 14.0 Å². The third kappa shape index (κ3) is 4.43. The molecule has 0 saturated carbocycles. The van der Waals surface area contributed by atoms with Gasteiger partial charge >= 0.3 is 0 Å². The summed E-state index contributed by atoms with van der Waals surface area (Å²) in [7, 11) is 0. The standard InChI is InChI=1S/C18H16BrFN2O3/c19-11-3-8-14(15(20)10-11)17(23)21-12-4-6-13(7-5-12)22-18(24)16-2-1-9-25-16/h3-8,10,16H,1-2,9H2,(H,21,23)(H,22,24). The second-order valence-electron chi connectivity index (χ2n) is 5.65. The number of amides is 2. The molecule has 1 atom stereocenters. The Morgan fingerprint density at radius 1 is 1.08 bits per heavy atom. The first kappa shape index (κ1) is 17.6. The Balaban J connectivity index is 1.62. The van der Waals surface area contributed by atoms with Gasteiger partial charge < -0.3 is 15.4 Å². The summed E-state index contributed by atoms with van der Waals surface area (Å²) in [6, 6.07) is 10.9. The van der Waals surface area contributed by atoms with Gasteiger partial charge in [-0.15, -0.1) is 0 Å². The Labute approximate surface area is 152 Å². The number of carbonyl (C=O) groups is 2. The van der Waals surface area contributed by atoms with Crippen LogP contribution in [0.3, 0.4) is 0 Å². The Morgan fingerprint density at radius 3 is 2.36 bits per heavy atom. The van der Waals surface area contributed by atoms with Crippen LogP contribution >= 0.6 is 15.9 Å². The summed E-state index contributed by atoms with van der Waals surface area (Å²) in [6.45, 7) is 0.607. The van der Waals surface area contributed by atoms with Gasteiger partial charge in [-0.1, -0.05) is 15.9 Å². The summed E-state index contributed by atoms with van der Waals surface area (Å²) in [6.07, 6.45) is 1.20. The van der Waals surface area contributed by atoms with E-state index in [2.05, 4.69) is 26.6 Å². The molecule has 1 fully saturated rings. The van der Waals surface area contributed by atoms with Crippen molar-refractivity contribution in [2.24, 2.45) is 0 Å². The third-order valence-corrected chi connectivity index (χ3v) is 4.30. The van der Waals surface area contributed by atoms with Crippen LogP contribution in [0, 0.1) is 5.82 Å². The van der Waals surface area contributed by atoms with Crippen molar-refractivity contribution in [1.82, 2.24) is 0 Å². The van der Waals surface area contributed by atoms with Gasteiger partial charge in [-0.3, -0.25) is 9.59 Å². The van der Waals surface area contributed by atoms with Crippen LogP contribution < -0.4 is 10.6 Å². The predicted octanol–water partition coefficient (Wildman–Crippen LogP) is 3.96. The van der Waals surface area contributed by atoms with Crippen molar-refractivity contribution >= 4 is 39.1 Å². The van der Waals surface area contributed by atoms with Crippen LogP contribution in [-0.4, -0.2) is 24.5 Å². The molecule has 25 heavy (non-hydrogen) atoms. The van der Waals surface area contributed by atoms with Gasteiger partial charge in [-0.25, -0.2) is 4.39 Å². The predicted molar refractivity (Wildman–Crippen MR) is 96.1 cm³/mol. The molecule has 2 aromatic rings. The number of hydrogen-bond acceptors (Lipinski definition) is 3. The van der Waals surface area contributed by atoms with E-state index in [1.165, 1.54) is 12.1 Å². The molecule has 1 aliphatic rings. The normalized spacial score (nSPS) is 16.5. The van der Waals surface area contributed by atoms with Crippen LogP contribution in [0.4, 0.5) is 15.8 Å². The first-order valence-corrected chi connectivity index (χ1v) is 8.61. The molecule has 0 spiro atoms. The molecule has 1 aliphatic heterocycles. The lowest BCUT2D eigenvalue weighted by atomic mass is 10.2. The second-order valence-corrected chi connectivity index (χ2v) is 6.56. The van der Waals surface area contributed by atoms with Crippen LogP contribution in [0.25, 0.3) is 0 Å². The van der Waals surface area contributed by atoms with E-state index in [4.69, 9.17) is 4.74 Å². The monoisotopic (exact) mass is 406 g/mol. The SMILES string of the molecule is O=C(Nc1ccc(NC(=O)C2CCCO2)cc1)c1ccc(Br)cc1F. The fourth-order valence-corrected chi connectivity index (χ4v) is 2.85. The lowest BCUT2D eigenvalue weighted by Gasteiger charge is -2.11. The molecule has 7 heteroatoms. The summed E-state index contributed by atoms with van der Waals surface area (Å²) in [5.74, 6) is -1.32. The molecule has 1 saturated heterocycles. The number of carbonyl (C=O) groups excluding carboxylic acids is 2. The zero-order chi connectivity index (χ0) is 17.8. The van der Waals surface area contributed by atoms with Crippen LogP contribution in [0.5, 0.6) is 0 Å². The Hall–Kier alpha value is -2.25. The number of halogens is 2. The highest BCUT2D eigenvalue weighted by atomic mass is 79.9. The molecule has 2 N–H and O–H groups in total. The van der Waals surface area contributed by atoms with Crippen molar-refractivity contribution in [2.45, 2.75) is 18.9 Å². The molecule has 0 radical (unpaired) electrons. The topological polar surface area (TPSA) is 67.4 Å². The fourth-order valence-electron chi connectivity index (χ4n) is 2.52. The van der Waals surface area contributed by atoms with Gasteiger partial charge in [0.2, 0.25) is 0 Å². The average Bonchev–Trinajstić information content (AvgIpc) is 3.11. The van der Waals surface area contributed by atoms with E-state index in [0.29, 0.717) is 22.5 Å². The summed E-state index contributed by atoms with van der Waals surface area (Å²) in [5.41, 5.74) is 1.06. The van der Waals surface area contributed by atoms with Crippen molar-refractivity contribution in [2.75, 3.05) is 17.2 Å². The van der Waals surface area contributed by atoms with E-state index in [1.54, 1.807) is 30.3 Å². The van der Waals surface area contributed by atoms with Crippen LogP contribution in [0.15, 0.2) is 46.9 Å². The minimum atomic E-state index is -0.604. The Bertz CT molecular complexity index is 789. The van der Waals surface area contributed by atoms with Gasteiger partial charge in [0.15, 0.2) is 0 Å². The quantitative estimate of drug-likeness (QED) is 0.807. The lowest BCUT2D eigenvalue weighted by Crippen LogP contribution is -2.26. The molecule has 0 bridgehead atoms. The molecule has 2 amide bonds. The van der Waals surface area contributed by atoms with Crippen molar-refractivity contribution < 1.29 is 18.7 Å². The molecule has 5 nitrogen and oxygen atoms in total. The van der Waals surface area contributed by atoms with Gasteiger partial charge in [0.25, 0.3) is 11.8 Å². The van der Waals surface area contributed by atoms with Crippen molar-refractivity contribution in [3.8, 4) is 0 Å². The van der Waals surface area contributed by atoms with Crippen molar-refractivity contribution in [3.63, 3.8) is 0 Å². The van der Waals surface area contributed by atoms with E-state index < -0.39 is 17.8 Å². The largest absolute Gasteiger partial charge is 0.368 e. The van der Waals surface area contributed by atoms with Crippen LogP contribution in [-0.2, 0) is 9.53 Å². The van der Waals surface area contributed by atoms with Crippen molar-refractivity contribution in [3.05, 3.63) is 58.3 Å². The first-order chi connectivity index (χ1) is 12.0. The molecule has 0 aliphatic carbocycles. The van der Waals surface area contributed by atoms with E-state index in [1.807, 2.05) is 0 Å². The van der Waals surface area contributed by atoms with Gasteiger partial charge in [-0.2, -0.15) is 0 Å². The number of benzene rings is 2. The minimum Gasteiger partial charge on any atom is -0.368 e. The van der Waals surface area contributed by atoms with Gasteiger partial charge in [-0.05, 0) is 55.3 Å². The number of rotatable bonds is 4. The number of hydrogen-bond donors (Lipinski definition) is 2. The highest BCUT2D eigenvalue weighted by Crippen LogP contribution is 2.19. The summed E-state index contributed by atoms with van der Waals surface area (Å²) in [5, 5.41) is 5.39. The average molecular weight is 407 g/mol. The van der Waals surface area contributed by atoms with Crippen LogP contribution in [0.2, 0.25) is 0 Å². The van der Waals surface area contributed by atoms with Crippen molar-refractivity contribution in [1.29, 1.82) is 0 Å². The molecular formula is C18H16BrFN2O3. The Kier molecular flexibility index (Phi) is 5.45. The number of anilines is 2. The molecule has 3 rings (SSSR count). The maximum Gasteiger partial charge on any atom is 0.258 e. The molecule has 1 heterocycles. The molecule has 1 unspecified atom stereocenters. The maximum absolute atomic E-state index is 13.8. The first-order valence-electron chi connectivity index (χ1n) is 7.82.